The molecule has 0 unspecified atom stereocenters. The van der Waals surface area contributed by atoms with Crippen molar-refractivity contribution in [3.63, 3.8) is 0 Å². The number of hydrogen-bond donors (Lipinski definition) is 1. The first-order chi connectivity index (χ1) is 29.9. The van der Waals surface area contributed by atoms with E-state index in [1.807, 2.05) is 31.3 Å². The van der Waals surface area contributed by atoms with Crippen LogP contribution < -0.4 is 0 Å². The van der Waals surface area contributed by atoms with Gasteiger partial charge in [0.05, 0.1) is 16.6 Å². The molecule has 0 amide bonds. The topological polar surface area (TPSA) is 50.9 Å². The number of pyridine rings is 1. The minimum Gasteiger partial charge on any atom is -0.507 e. The number of phenolic OH excluding ortho intramolecular Hbond substituents is 1. The number of phenols is 1. The van der Waals surface area contributed by atoms with Gasteiger partial charge in [0.2, 0.25) is 0 Å². The third-order valence-electron chi connectivity index (χ3n) is 11.8. The molecular weight excluding hydrogens is 950 g/mol. The molecule has 0 spiro atoms. The van der Waals surface area contributed by atoms with Gasteiger partial charge in [-0.25, -0.2) is 4.98 Å². The molecule has 2 aromatic heterocycles. The monoisotopic (exact) mass is 1000 g/mol. The number of aryl methyl sites for hydroxylation is 2. The maximum atomic E-state index is 11.7. The van der Waals surface area contributed by atoms with E-state index in [0.717, 1.165) is 67.8 Å². The Labute approximate surface area is 386 Å². The van der Waals surface area contributed by atoms with E-state index in [2.05, 4.69) is 192 Å². The van der Waals surface area contributed by atoms with E-state index >= 15 is 0 Å². The van der Waals surface area contributed by atoms with Crippen LogP contribution >= 0.6 is 0 Å². The number of benzene rings is 7. The molecule has 1 N–H and O–H groups in total. The number of fused-ring (bicyclic) bond motifs is 1. The molecule has 2 heterocycles. The molecule has 0 aliphatic heterocycles. The summed E-state index contributed by atoms with van der Waals surface area (Å²) in [5.41, 5.74) is 18.4. The molecule has 9 aromatic rings. The predicted octanol–water partition coefficient (Wildman–Crippen LogP) is 15.0. The zero-order chi connectivity index (χ0) is 43.1. The van der Waals surface area contributed by atoms with Crippen molar-refractivity contribution in [2.24, 2.45) is 5.92 Å². The molecule has 0 radical (unpaired) electrons. The van der Waals surface area contributed by atoms with Gasteiger partial charge in [0.15, 0.2) is 0 Å². The minimum atomic E-state index is -0.153. The van der Waals surface area contributed by atoms with Crippen LogP contribution in [0.15, 0.2) is 164 Å². The fraction of sp³-hybridized carbons (Fsp3) is 0.172. The average molecular weight is 1000 g/mol. The van der Waals surface area contributed by atoms with E-state index < -0.39 is 0 Å². The average Bonchev–Trinajstić information content (AvgIpc) is 3.67. The van der Waals surface area contributed by atoms with Crippen molar-refractivity contribution in [3.8, 4) is 78.6 Å². The molecule has 316 valence electrons. The number of imidazole rings is 1. The summed E-state index contributed by atoms with van der Waals surface area (Å²) in [5, 5.41) is 11.7. The van der Waals surface area contributed by atoms with E-state index in [0.29, 0.717) is 17.3 Å². The summed E-state index contributed by atoms with van der Waals surface area (Å²) in [7, 11) is 0. The second kappa shape index (κ2) is 17.8. The Morgan fingerprint density at radius 2 is 1.27 bits per heavy atom. The molecule has 0 aliphatic carbocycles. The minimum absolute atomic E-state index is 0. The van der Waals surface area contributed by atoms with E-state index in [4.69, 9.17) is 9.97 Å². The molecule has 0 saturated carbocycles. The largest absolute Gasteiger partial charge is 0.507 e. The van der Waals surface area contributed by atoms with Gasteiger partial charge in [-0.2, -0.15) is 0 Å². The van der Waals surface area contributed by atoms with E-state index in [9.17, 15) is 5.11 Å². The number of para-hydroxylation sites is 1. The van der Waals surface area contributed by atoms with Crippen molar-refractivity contribution in [3.05, 3.63) is 192 Å². The molecule has 0 bridgehead atoms. The van der Waals surface area contributed by atoms with Crippen LogP contribution in [0, 0.1) is 25.8 Å². The van der Waals surface area contributed by atoms with Crippen molar-refractivity contribution < 1.29 is 26.2 Å². The Morgan fingerprint density at radius 3 is 1.95 bits per heavy atom. The van der Waals surface area contributed by atoms with Crippen LogP contribution in [0.3, 0.4) is 0 Å². The Morgan fingerprint density at radius 1 is 0.619 bits per heavy atom. The Kier molecular flexibility index (Phi) is 12.2. The molecule has 0 atom stereocenters. The van der Waals surface area contributed by atoms with Gasteiger partial charge >= 0.3 is 0 Å². The number of nitrogens with zero attached hydrogens (tertiary/aromatic N) is 3. The van der Waals surface area contributed by atoms with Crippen molar-refractivity contribution in [2.75, 3.05) is 0 Å². The van der Waals surface area contributed by atoms with Crippen LogP contribution in [0.5, 0.6) is 5.75 Å². The molecule has 9 rings (SSSR count). The normalized spacial score (nSPS) is 11.6. The zero-order valence-electron chi connectivity index (χ0n) is 37.0. The third-order valence-corrected chi connectivity index (χ3v) is 11.8. The second-order valence-corrected chi connectivity index (χ2v) is 18.0. The van der Waals surface area contributed by atoms with E-state index in [1.54, 1.807) is 0 Å². The van der Waals surface area contributed by atoms with Gasteiger partial charge in [0.25, 0.3) is 0 Å². The molecule has 0 fully saturated rings. The molecular formula is C58H52N3OPt-. The molecule has 0 aliphatic rings. The quantitative estimate of drug-likeness (QED) is 0.147. The molecule has 5 heteroatoms. The van der Waals surface area contributed by atoms with Gasteiger partial charge in [-0.15, -0.1) is 29.3 Å². The van der Waals surface area contributed by atoms with Gasteiger partial charge in [-0.1, -0.05) is 161 Å². The van der Waals surface area contributed by atoms with Crippen LogP contribution in [0.25, 0.3) is 83.9 Å². The van der Waals surface area contributed by atoms with Crippen LogP contribution in [0.2, 0.25) is 0 Å². The van der Waals surface area contributed by atoms with Gasteiger partial charge < -0.3 is 5.11 Å². The summed E-state index contributed by atoms with van der Waals surface area (Å²) < 4.78 is 2.23. The van der Waals surface area contributed by atoms with Crippen molar-refractivity contribution in [1.29, 1.82) is 0 Å². The van der Waals surface area contributed by atoms with E-state index in [-0.39, 0.29) is 32.2 Å². The maximum Gasteiger partial charge on any atom is 0.148 e. The second-order valence-electron chi connectivity index (χ2n) is 18.0. The zero-order valence-corrected chi connectivity index (χ0v) is 39.3. The summed E-state index contributed by atoms with van der Waals surface area (Å²) in [6.45, 7) is 15.3. The standard InChI is InChI=1S/C58H52N3O.Pt/c1-37(2)29-45-35-49(25-26-50(45)43-17-12-9-13-18-43)61-54-20-14-19-51(55(54)60-57(61)52-31-38(3)30-39(4)56(52)62)46-32-47(34-48(33-46)58(5,6)7)53-36-44(27-28-59-53)42-23-21-41(22-24-42)40-15-10-8-11-16-40;/h8-28,30-31,33-37,62H,29H2,1-7H3;/q-1;. The third kappa shape index (κ3) is 8.83. The first-order valence-corrected chi connectivity index (χ1v) is 21.6. The summed E-state index contributed by atoms with van der Waals surface area (Å²) in [6.07, 6.45) is 2.82. The van der Waals surface area contributed by atoms with Gasteiger partial charge in [0.1, 0.15) is 11.6 Å². The molecule has 4 nitrogen and oxygen atoms in total. The number of rotatable bonds is 9. The predicted molar refractivity (Wildman–Crippen MR) is 259 cm³/mol. The summed E-state index contributed by atoms with van der Waals surface area (Å²) in [4.78, 5) is 10.4. The molecule has 7 aromatic carbocycles. The van der Waals surface area contributed by atoms with Gasteiger partial charge in [-0.3, -0.25) is 9.55 Å². The Bertz CT molecular complexity index is 3070. The maximum absolute atomic E-state index is 11.7. The first-order valence-electron chi connectivity index (χ1n) is 21.6. The van der Waals surface area contributed by atoms with Crippen molar-refractivity contribution in [2.45, 2.75) is 60.3 Å². The number of aromatic nitrogens is 3. The fourth-order valence-electron chi connectivity index (χ4n) is 8.65. The summed E-state index contributed by atoms with van der Waals surface area (Å²) in [5.74, 6) is 1.39. The van der Waals surface area contributed by atoms with Crippen LogP contribution in [0.1, 0.15) is 56.9 Å². The number of hydrogen-bond acceptors (Lipinski definition) is 3. The SMILES string of the molecule is Cc1cc(C)c(O)c(-c2nc3c(-c4[c-]c(-c5cc(-c6ccc(-c7ccccc7)cc6)ccn5)cc(C(C)(C)C)c4)cccc3n2-c2ccc(-c3ccccc3)c(CC(C)C)c2)c1.[Pt]. The van der Waals surface area contributed by atoms with Crippen molar-refractivity contribution >= 4 is 11.0 Å². The van der Waals surface area contributed by atoms with Crippen LogP contribution in [-0.4, -0.2) is 19.6 Å². The van der Waals surface area contributed by atoms with Crippen LogP contribution in [-0.2, 0) is 32.9 Å². The Balaban J connectivity index is 0.00000544. The summed E-state index contributed by atoms with van der Waals surface area (Å²) in [6, 6.07) is 59.6. The van der Waals surface area contributed by atoms with Gasteiger partial charge in [-0.05, 0) is 112 Å². The summed E-state index contributed by atoms with van der Waals surface area (Å²) >= 11 is 0. The Hall–Kier alpha value is -6.35. The first kappa shape index (κ1) is 43.3. The molecule has 0 saturated heterocycles. The van der Waals surface area contributed by atoms with Crippen LogP contribution in [0.4, 0.5) is 0 Å². The molecule has 63 heavy (non-hydrogen) atoms. The fourth-order valence-corrected chi connectivity index (χ4v) is 8.65. The van der Waals surface area contributed by atoms with E-state index in [1.165, 1.54) is 33.4 Å². The van der Waals surface area contributed by atoms with Gasteiger partial charge in [0, 0.05) is 38.6 Å². The number of aromatic hydroxyl groups is 1. The van der Waals surface area contributed by atoms with Crippen molar-refractivity contribution in [1.82, 2.24) is 14.5 Å². The smallest absolute Gasteiger partial charge is 0.148 e.